The van der Waals surface area contributed by atoms with Crippen molar-refractivity contribution in [2.45, 2.75) is 28.3 Å². The van der Waals surface area contributed by atoms with Gasteiger partial charge >= 0.3 is 0 Å². The minimum Gasteiger partial charge on any atom is -0.265 e. The number of aryl methyl sites for hydroxylation is 1. The lowest BCUT2D eigenvalue weighted by molar-refractivity contribution is 0.431. The van der Waals surface area contributed by atoms with E-state index in [0.717, 1.165) is 5.75 Å². The first-order valence-corrected chi connectivity index (χ1v) is 9.96. The summed E-state index contributed by atoms with van der Waals surface area (Å²) in [5.74, 6) is 0.885. The molecule has 0 bridgehead atoms. The average Bonchev–Trinajstić information content (AvgIpc) is 2.64. The van der Waals surface area contributed by atoms with E-state index in [1.54, 1.807) is 18.7 Å². The summed E-state index contributed by atoms with van der Waals surface area (Å²) in [7, 11) is 0. The largest absolute Gasteiger partial charge is 0.295 e. The molecule has 0 fully saturated rings. The van der Waals surface area contributed by atoms with Gasteiger partial charge in [-0.3, -0.25) is 4.79 Å². The van der Waals surface area contributed by atoms with Gasteiger partial charge in [0, 0.05) is 15.9 Å². The highest BCUT2D eigenvalue weighted by molar-refractivity contribution is 8.03. The van der Waals surface area contributed by atoms with E-state index < -0.39 is 0 Å². The lowest BCUT2D eigenvalue weighted by atomic mass is 10.0. The summed E-state index contributed by atoms with van der Waals surface area (Å²) in [6, 6.07) is 20.8. The zero-order valence-corrected chi connectivity index (χ0v) is 15.3. The predicted molar refractivity (Wildman–Crippen MR) is 102 cm³/mol. The number of hydrogen-bond acceptors (Lipinski definition) is 5. The van der Waals surface area contributed by atoms with Crippen LogP contribution in [-0.4, -0.2) is 25.8 Å². The average molecular weight is 367 g/mol. The molecule has 6 heteroatoms. The third-order valence-corrected chi connectivity index (χ3v) is 6.67. The number of hydrogen-bond donors (Lipinski definition) is 0. The third-order valence-electron chi connectivity index (χ3n) is 4.12. The van der Waals surface area contributed by atoms with Crippen molar-refractivity contribution in [3.63, 3.8) is 0 Å². The first-order chi connectivity index (χ1) is 12.2. The molecule has 0 N–H and O–H groups in total. The van der Waals surface area contributed by atoms with E-state index in [9.17, 15) is 4.79 Å². The number of rotatable bonds is 3. The molecule has 2 atom stereocenters. The Labute approximate surface area is 154 Å². The molecule has 3 aromatic rings. The first kappa shape index (κ1) is 16.4. The molecule has 2 heterocycles. The van der Waals surface area contributed by atoms with Gasteiger partial charge in [-0.25, -0.2) is 4.68 Å². The van der Waals surface area contributed by atoms with Crippen LogP contribution in [0.1, 0.15) is 17.3 Å². The number of aromatic nitrogens is 3. The van der Waals surface area contributed by atoms with Crippen molar-refractivity contribution in [3.05, 3.63) is 82.3 Å². The summed E-state index contributed by atoms with van der Waals surface area (Å²) >= 11 is 3.46. The van der Waals surface area contributed by atoms with Gasteiger partial charge in [-0.05, 0) is 24.6 Å². The van der Waals surface area contributed by atoms with Crippen LogP contribution in [0, 0.1) is 6.92 Å². The van der Waals surface area contributed by atoms with Gasteiger partial charge < -0.3 is 0 Å². The van der Waals surface area contributed by atoms with Crippen LogP contribution in [0.3, 0.4) is 0 Å². The van der Waals surface area contributed by atoms with Gasteiger partial charge in [-0.15, -0.1) is 11.8 Å². The highest BCUT2D eigenvalue weighted by Crippen LogP contribution is 2.41. The Balaban J connectivity index is 1.79. The first-order valence-electron chi connectivity index (χ1n) is 8.09. The van der Waals surface area contributed by atoms with Crippen LogP contribution in [-0.2, 0) is 0 Å². The number of fused-ring (bicyclic) bond motifs is 1. The molecular weight excluding hydrogens is 350 g/mol. The van der Waals surface area contributed by atoms with Gasteiger partial charge in [-0.2, -0.15) is 10.1 Å². The maximum Gasteiger partial charge on any atom is 0.295 e. The van der Waals surface area contributed by atoms with Crippen LogP contribution in [0.25, 0.3) is 0 Å². The van der Waals surface area contributed by atoms with E-state index in [1.165, 1.54) is 10.5 Å². The standard InChI is InChI=1S/C19H17N3OS2/c1-13-18(23)20-19-22(21-13)17(14-8-4-2-5-9-14)16(12-24-19)25-15-10-6-3-7-11-15/h2-11,16-17H,12H2,1H3/t16-,17+/m1/s1. The molecule has 0 aliphatic carbocycles. The molecule has 1 aliphatic rings. The molecule has 25 heavy (non-hydrogen) atoms. The minimum atomic E-state index is -0.236. The van der Waals surface area contributed by atoms with E-state index in [4.69, 9.17) is 0 Å². The normalized spacial score (nSPS) is 19.4. The van der Waals surface area contributed by atoms with Crippen LogP contribution in [0.15, 0.2) is 75.5 Å². The highest BCUT2D eigenvalue weighted by Gasteiger charge is 2.33. The zero-order valence-electron chi connectivity index (χ0n) is 13.7. The summed E-state index contributed by atoms with van der Waals surface area (Å²) in [4.78, 5) is 17.4. The smallest absolute Gasteiger partial charge is 0.265 e. The Kier molecular flexibility index (Phi) is 4.63. The molecular formula is C19H17N3OS2. The van der Waals surface area contributed by atoms with Crippen molar-refractivity contribution in [2.24, 2.45) is 0 Å². The molecule has 2 aromatic carbocycles. The summed E-state index contributed by atoms with van der Waals surface area (Å²) in [6.07, 6.45) is 0. The second kappa shape index (κ2) is 7.06. The Morgan fingerprint density at radius 2 is 1.76 bits per heavy atom. The molecule has 0 spiro atoms. The molecule has 0 unspecified atom stereocenters. The van der Waals surface area contributed by atoms with Crippen LogP contribution in [0.2, 0.25) is 0 Å². The van der Waals surface area contributed by atoms with Crippen LogP contribution >= 0.6 is 23.5 Å². The van der Waals surface area contributed by atoms with Crippen molar-refractivity contribution in [1.29, 1.82) is 0 Å². The fourth-order valence-electron chi connectivity index (χ4n) is 2.93. The number of benzene rings is 2. The second-order valence-corrected chi connectivity index (χ2v) is 8.17. The van der Waals surface area contributed by atoms with Crippen molar-refractivity contribution in [3.8, 4) is 0 Å². The monoisotopic (exact) mass is 367 g/mol. The van der Waals surface area contributed by atoms with Crippen LogP contribution in [0.4, 0.5) is 0 Å². The summed E-state index contributed by atoms with van der Waals surface area (Å²) < 4.78 is 1.93. The van der Waals surface area contributed by atoms with Crippen molar-refractivity contribution < 1.29 is 0 Å². The van der Waals surface area contributed by atoms with Crippen molar-refractivity contribution in [2.75, 3.05) is 5.75 Å². The van der Waals surface area contributed by atoms with Gasteiger partial charge in [0.05, 0.1) is 6.04 Å². The number of nitrogens with zero attached hydrogens (tertiary/aromatic N) is 3. The quantitative estimate of drug-likeness (QED) is 0.705. The fraction of sp³-hybridized carbons (Fsp3) is 0.211. The van der Waals surface area contributed by atoms with Crippen molar-refractivity contribution in [1.82, 2.24) is 14.8 Å². The van der Waals surface area contributed by atoms with Gasteiger partial charge in [0.15, 0.2) is 5.16 Å². The summed E-state index contributed by atoms with van der Waals surface area (Å²) in [5.41, 5.74) is 1.39. The maximum atomic E-state index is 11.9. The molecule has 0 saturated heterocycles. The van der Waals surface area contributed by atoms with Gasteiger partial charge in [0.25, 0.3) is 5.56 Å². The third kappa shape index (κ3) is 3.37. The fourth-order valence-corrected chi connectivity index (χ4v) is 5.40. The van der Waals surface area contributed by atoms with Crippen LogP contribution in [0.5, 0.6) is 0 Å². The maximum absolute atomic E-state index is 11.9. The molecule has 1 aromatic heterocycles. The van der Waals surface area contributed by atoms with Crippen LogP contribution < -0.4 is 5.56 Å². The summed E-state index contributed by atoms with van der Waals surface area (Å²) in [6.45, 7) is 1.73. The molecule has 126 valence electrons. The van der Waals surface area contributed by atoms with E-state index in [1.807, 2.05) is 40.7 Å². The Morgan fingerprint density at radius 1 is 1.08 bits per heavy atom. The van der Waals surface area contributed by atoms with Gasteiger partial charge in [0.1, 0.15) is 5.69 Å². The Bertz CT molecular complexity index is 928. The second-order valence-electron chi connectivity index (χ2n) is 5.87. The SMILES string of the molecule is Cc1nn2c(nc1=O)SC[C@@H](Sc1ccccc1)[C@@H]2c1ccccc1. The topological polar surface area (TPSA) is 47.8 Å². The molecule has 1 aliphatic heterocycles. The molecule has 0 radical (unpaired) electrons. The zero-order chi connectivity index (χ0) is 17.2. The van der Waals surface area contributed by atoms with E-state index >= 15 is 0 Å². The lowest BCUT2D eigenvalue weighted by Crippen LogP contribution is -2.35. The van der Waals surface area contributed by atoms with Gasteiger partial charge in [-0.1, -0.05) is 60.3 Å². The molecule has 0 amide bonds. The number of thioether (sulfide) groups is 2. The van der Waals surface area contributed by atoms with E-state index in [-0.39, 0.29) is 11.6 Å². The molecule has 4 rings (SSSR count). The Hall–Kier alpha value is -2.05. The molecule has 4 nitrogen and oxygen atoms in total. The predicted octanol–water partition coefficient (Wildman–Crippen LogP) is 3.80. The Morgan fingerprint density at radius 3 is 2.48 bits per heavy atom. The highest BCUT2D eigenvalue weighted by atomic mass is 32.2. The molecule has 0 saturated carbocycles. The van der Waals surface area contributed by atoms with E-state index in [2.05, 4.69) is 46.5 Å². The van der Waals surface area contributed by atoms with E-state index in [0.29, 0.717) is 16.1 Å². The lowest BCUT2D eigenvalue weighted by Gasteiger charge is -2.33. The minimum absolute atomic E-state index is 0.0504. The van der Waals surface area contributed by atoms with Crippen molar-refractivity contribution >= 4 is 23.5 Å². The summed E-state index contributed by atoms with van der Waals surface area (Å²) in [5, 5.41) is 5.58. The van der Waals surface area contributed by atoms with Gasteiger partial charge in [0.2, 0.25) is 0 Å².